The smallest absolute Gasteiger partial charge is 0.191 e. The molecular weight excluding hydrogens is 300 g/mol. The molecule has 1 aromatic carbocycles. The van der Waals surface area contributed by atoms with Gasteiger partial charge in [0, 0.05) is 38.8 Å². The van der Waals surface area contributed by atoms with E-state index in [1.165, 1.54) is 5.56 Å². The number of guanidine groups is 1. The van der Waals surface area contributed by atoms with Crippen LogP contribution < -0.4 is 10.6 Å². The van der Waals surface area contributed by atoms with Crippen molar-refractivity contribution >= 4 is 5.96 Å². The van der Waals surface area contributed by atoms with Crippen molar-refractivity contribution in [3.05, 3.63) is 35.9 Å². The number of nitrogens with zero attached hydrogens (tertiary/aromatic N) is 2. The van der Waals surface area contributed by atoms with Crippen LogP contribution in [-0.2, 0) is 6.54 Å². The summed E-state index contributed by atoms with van der Waals surface area (Å²) in [6.45, 7) is 9.78. The normalized spacial score (nSPS) is 14.5. The molecule has 1 rings (SSSR count). The monoisotopic (exact) mass is 334 g/mol. The highest BCUT2D eigenvalue weighted by Gasteiger charge is 2.10. The minimum atomic E-state index is 0.171. The summed E-state index contributed by atoms with van der Waals surface area (Å²) in [6, 6.07) is 11.0. The summed E-state index contributed by atoms with van der Waals surface area (Å²) in [7, 11) is 2.17. The van der Waals surface area contributed by atoms with Crippen molar-refractivity contribution < 1.29 is 5.11 Å². The summed E-state index contributed by atoms with van der Waals surface area (Å²) in [5.41, 5.74) is 1.34. The molecule has 0 heterocycles. The molecule has 0 saturated carbocycles. The van der Waals surface area contributed by atoms with Crippen LogP contribution in [0.3, 0.4) is 0 Å². The van der Waals surface area contributed by atoms with E-state index in [2.05, 4.69) is 71.8 Å². The molecule has 2 unspecified atom stereocenters. The molecule has 24 heavy (non-hydrogen) atoms. The van der Waals surface area contributed by atoms with Gasteiger partial charge in [-0.05, 0) is 38.8 Å². The molecule has 0 spiro atoms. The van der Waals surface area contributed by atoms with Gasteiger partial charge in [0.15, 0.2) is 5.96 Å². The third kappa shape index (κ3) is 8.31. The zero-order valence-corrected chi connectivity index (χ0v) is 15.6. The average molecular weight is 335 g/mol. The molecule has 0 fully saturated rings. The van der Waals surface area contributed by atoms with Crippen molar-refractivity contribution in [2.45, 2.75) is 39.8 Å². The van der Waals surface area contributed by atoms with E-state index in [9.17, 15) is 0 Å². The lowest BCUT2D eigenvalue weighted by molar-refractivity contribution is 0.238. The van der Waals surface area contributed by atoms with E-state index in [1.807, 2.05) is 6.92 Å². The van der Waals surface area contributed by atoms with Gasteiger partial charge < -0.3 is 15.7 Å². The fraction of sp³-hybridized carbons (Fsp3) is 0.632. The van der Waals surface area contributed by atoms with Crippen LogP contribution in [0.4, 0.5) is 0 Å². The Morgan fingerprint density at radius 3 is 2.54 bits per heavy atom. The Labute approximate surface area is 147 Å². The summed E-state index contributed by atoms with van der Waals surface area (Å²) in [4.78, 5) is 6.88. The number of aliphatic imine (C=N–C) groups is 1. The molecule has 0 bridgehead atoms. The lowest BCUT2D eigenvalue weighted by Gasteiger charge is -2.25. The second kappa shape index (κ2) is 11.9. The quantitative estimate of drug-likeness (QED) is 0.453. The Kier molecular flexibility index (Phi) is 10.1. The van der Waals surface area contributed by atoms with Crippen LogP contribution in [0.5, 0.6) is 0 Å². The summed E-state index contributed by atoms with van der Waals surface area (Å²) in [5, 5.41) is 15.7. The zero-order valence-electron chi connectivity index (χ0n) is 15.6. The Morgan fingerprint density at radius 1 is 1.21 bits per heavy atom. The summed E-state index contributed by atoms with van der Waals surface area (Å²) < 4.78 is 0. The summed E-state index contributed by atoms with van der Waals surface area (Å²) >= 11 is 0. The van der Waals surface area contributed by atoms with E-state index in [1.54, 1.807) is 0 Å². The molecule has 0 aromatic heterocycles. The van der Waals surface area contributed by atoms with Crippen molar-refractivity contribution in [2.75, 3.05) is 33.3 Å². The number of hydrogen-bond acceptors (Lipinski definition) is 3. The van der Waals surface area contributed by atoms with Crippen LogP contribution in [0.25, 0.3) is 0 Å². The summed E-state index contributed by atoms with van der Waals surface area (Å²) in [5.74, 6) is 1.02. The molecule has 0 amide bonds. The zero-order chi connectivity index (χ0) is 17.8. The fourth-order valence-corrected chi connectivity index (χ4v) is 2.29. The number of rotatable bonds is 10. The Hall–Kier alpha value is -1.59. The number of benzene rings is 1. The van der Waals surface area contributed by atoms with E-state index in [0.717, 1.165) is 32.0 Å². The molecule has 1 aromatic rings. The van der Waals surface area contributed by atoms with Crippen molar-refractivity contribution in [1.29, 1.82) is 0 Å². The highest BCUT2D eigenvalue weighted by molar-refractivity contribution is 5.79. The second-order valence-electron chi connectivity index (χ2n) is 6.47. The lowest BCUT2D eigenvalue weighted by Crippen LogP contribution is -2.40. The number of hydrogen-bond donors (Lipinski definition) is 3. The largest absolute Gasteiger partial charge is 0.396 e. The van der Waals surface area contributed by atoms with Crippen LogP contribution in [-0.4, -0.2) is 55.3 Å². The van der Waals surface area contributed by atoms with Gasteiger partial charge in [0.05, 0.1) is 0 Å². The Morgan fingerprint density at radius 2 is 1.92 bits per heavy atom. The molecule has 0 radical (unpaired) electrons. The molecule has 136 valence electrons. The van der Waals surface area contributed by atoms with Crippen LogP contribution >= 0.6 is 0 Å². The predicted molar refractivity (Wildman–Crippen MR) is 102 cm³/mol. The van der Waals surface area contributed by atoms with Crippen LogP contribution in [0.15, 0.2) is 35.3 Å². The van der Waals surface area contributed by atoms with Crippen molar-refractivity contribution in [2.24, 2.45) is 10.9 Å². The third-order valence-electron chi connectivity index (χ3n) is 4.10. The van der Waals surface area contributed by atoms with E-state index in [0.29, 0.717) is 12.6 Å². The first-order chi connectivity index (χ1) is 11.6. The second-order valence-corrected chi connectivity index (χ2v) is 6.47. The molecule has 0 aliphatic rings. The topological polar surface area (TPSA) is 59.9 Å². The molecule has 0 saturated heterocycles. The highest BCUT2D eigenvalue weighted by atomic mass is 16.3. The number of nitrogens with one attached hydrogen (secondary N) is 2. The highest BCUT2D eigenvalue weighted by Crippen LogP contribution is 2.07. The van der Waals surface area contributed by atoms with E-state index >= 15 is 0 Å². The van der Waals surface area contributed by atoms with Crippen molar-refractivity contribution in [1.82, 2.24) is 15.5 Å². The Balaban J connectivity index is 2.37. The molecule has 3 N–H and O–H groups in total. The van der Waals surface area contributed by atoms with Crippen molar-refractivity contribution in [3.63, 3.8) is 0 Å². The number of aliphatic hydroxyl groups excluding tert-OH is 1. The van der Waals surface area contributed by atoms with Gasteiger partial charge in [-0.1, -0.05) is 37.3 Å². The van der Waals surface area contributed by atoms with Gasteiger partial charge >= 0.3 is 0 Å². The molecule has 0 aliphatic carbocycles. The van der Waals surface area contributed by atoms with Crippen LogP contribution in [0.1, 0.15) is 32.8 Å². The van der Waals surface area contributed by atoms with Gasteiger partial charge in [0.1, 0.15) is 0 Å². The molecule has 5 heteroatoms. The maximum Gasteiger partial charge on any atom is 0.191 e. The van der Waals surface area contributed by atoms with Gasteiger partial charge in [0.25, 0.3) is 0 Å². The molecule has 2 atom stereocenters. The van der Waals surface area contributed by atoms with Crippen molar-refractivity contribution in [3.8, 4) is 0 Å². The first-order valence-corrected chi connectivity index (χ1v) is 8.94. The Bertz CT molecular complexity index is 464. The van der Waals surface area contributed by atoms with Gasteiger partial charge in [-0.15, -0.1) is 0 Å². The minimum Gasteiger partial charge on any atom is -0.396 e. The lowest BCUT2D eigenvalue weighted by atomic mass is 10.1. The average Bonchev–Trinajstić information content (AvgIpc) is 2.59. The third-order valence-corrected chi connectivity index (χ3v) is 4.10. The first-order valence-electron chi connectivity index (χ1n) is 8.94. The molecular formula is C19H34N4O. The fourth-order valence-electron chi connectivity index (χ4n) is 2.29. The minimum absolute atomic E-state index is 0.171. The van der Waals surface area contributed by atoms with Crippen LogP contribution in [0.2, 0.25) is 0 Å². The van der Waals surface area contributed by atoms with Crippen LogP contribution in [0, 0.1) is 5.92 Å². The van der Waals surface area contributed by atoms with Gasteiger partial charge in [0.2, 0.25) is 0 Å². The van der Waals surface area contributed by atoms with Gasteiger partial charge in [-0.3, -0.25) is 9.89 Å². The maximum atomic E-state index is 9.09. The maximum absolute atomic E-state index is 9.09. The molecule has 5 nitrogen and oxygen atoms in total. The van der Waals surface area contributed by atoms with E-state index in [-0.39, 0.29) is 12.5 Å². The standard InChI is InChI=1S/C19H34N4O/c1-5-20-19(22-13-16(2)15-24)21-12-11-17(3)23(4)14-18-9-7-6-8-10-18/h6-10,16-17,24H,5,11-15H2,1-4H3,(H2,20,21,22). The van der Waals surface area contributed by atoms with Gasteiger partial charge in [-0.25, -0.2) is 0 Å². The number of aliphatic hydroxyl groups is 1. The van der Waals surface area contributed by atoms with Gasteiger partial charge in [-0.2, -0.15) is 0 Å². The van der Waals surface area contributed by atoms with E-state index < -0.39 is 0 Å². The predicted octanol–water partition coefficient (Wildman–Crippen LogP) is 2.08. The molecule has 0 aliphatic heterocycles. The SMILES string of the molecule is CCNC(=NCC(C)CO)NCCC(C)N(C)Cc1ccccc1. The first kappa shape index (κ1) is 20.5. The van der Waals surface area contributed by atoms with E-state index in [4.69, 9.17) is 5.11 Å². The summed E-state index contributed by atoms with van der Waals surface area (Å²) in [6.07, 6.45) is 1.04.